The highest BCUT2D eigenvalue weighted by Crippen LogP contribution is 2.28. The van der Waals surface area contributed by atoms with E-state index in [0.29, 0.717) is 12.3 Å². The molecule has 0 aliphatic rings. The monoisotopic (exact) mass is 255 g/mol. The molecule has 17 heavy (non-hydrogen) atoms. The Balaban J connectivity index is 2.93. The highest BCUT2D eigenvalue weighted by atomic mass is 32.1. The SMILES string of the molecule is COc1cc(C)c(CNC(=O)CS)c(OC)c1. The van der Waals surface area contributed by atoms with Crippen molar-refractivity contribution in [1.82, 2.24) is 5.32 Å². The molecule has 4 nitrogen and oxygen atoms in total. The van der Waals surface area contributed by atoms with E-state index in [9.17, 15) is 4.79 Å². The first kappa shape index (κ1) is 13.7. The number of benzene rings is 1. The molecule has 0 saturated heterocycles. The summed E-state index contributed by atoms with van der Waals surface area (Å²) >= 11 is 3.90. The summed E-state index contributed by atoms with van der Waals surface area (Å²) in [6.45, 7) is 2.38. The molecule has 0 unspecified atom stereocenters. The number of carbonyl (C=O) groups excluding carboxylic acids is 1. The Morgan fingerprint density at radius 3 is 2.59 bits per heavy atom. The lowest BCUT2D eigenvalue weighted by molar-refractivity contribution is -0.118. The molecule has 1 aromatic carbocycles. The number of methoxy groups -OCH3 is 2. The lowest BCUT2D eigenvalue weighted by Gasteiger charge is -2.14. The van der Waals surface area contributed by atoms with Crippen LogP contribution in [0.4, 0.5) is 0 Å². The molecule has 1 rings (SSSR count). The molecule has 0 aliphatic heterocycles. The highest BCUT2D eigenvalue weighted by Gasteiger charge is 2.10. The van der Waals surface area contributed by atoms with Gasteiger partial charge in [-0.1, -0.05) is 0 Å². The molecule has 0 aromatic heterocycles. The number of ether oxygens (including phenoxy) is 2. The van der Waals surface area contributed by atoms with Crippen LogP contribution in [0.1, 0.15) is 11.1 Å². The smallest absolute Gasteiger partial charge is 0.229 e. The van der Waals surface area contributed by atoms with Gasteiger partial charge in [-0.2, -0.15) is 12.6 Å². The van der Waals surface area contributed by atoms with E-state index in [-0.39, 0.29) is 11.7 Å². The summed E-state index contributed by atoms with van der Waals surface area (Å²) in [5.74, 6) is 1.52. The third kappa shape index (κ3) is 3.56. The van der Waals surface area contributed by atoms with Gasteiger partial charge in [0, 0.05) is 18.2 Å². The van der Waals surface area contributed by atoms with Crippen LogP contribution in [0.15, 0.2) is 12.1 Å². The number of amides is 1. The largest absolute Gasteiger partial charge is 0.497 e. The molecule has 0 spiro atoms. The summed E-state index contributed by atoms with van der Waals surface area (Å²) in [6, 6.07) is 3.71. The molecule has 1 aromatic rings. The van der Waals surface area contributed by atoms with Gasteiger partial charge < -0.3 is 14.8 Å². The molecular weight excluding hydrogens is 238 g/mol. The second kappa shape index (κ2) is 6.39. The Morgan fingerprint density at radius 1 is 1.35 bits per heavy atom. The number of hydrogen-bond donors (Lipinski definition) is 2. The average molecular weight is 255 g/mol. The Hall–Kier alpha value is -1.36. The molecule has 1 N–H and O–H groups in total. The van der Waals surface area contributed by atoms with E-state index < -0.39 is 0 Å². The summed E-state index contributed by atoms with van der Waals surface area (Å²) in [7, 11) is 3.20. The Labute approximate surface area is 107 Å². The molecule has 0 aliphatic carbocycles. The van der Waals surface area contributed by atoms with Crippen molar-refractivity contribution in [2.75, 3.05) is 20.0 Å². The number of nitrogens with one attached hydrogen (secondary N) is 1. The van der Waals surface area contributed by atoms with E-state index in [1.54, 1.807) is 20.3 Å². The standard InChI is InChI=1S/C12H17NO3S/c1-8-4-9(15-2)5-11(16-3)10(8)6-13-12(14)7-17/h4-5,17H,6-7H2,1-3H3,(H,13,14). The van der Waals surface area contributed by atoms with Gasteiger partial charge in [0.05, 0.1) is 20.0 Å². The number of aryl methyl sites for hydroxylation is 1. The van der Waals surface area contributed by atoms with E-state index in [0.717, 1.165) is 16.9 Å². The molecule has 0 radical (unpaired) electrons. The first-order chi connectivity index (χ1) is 8.12. The Morgan fingerprint density at radius 2 is 2.06 bits per heavy atom. The third-order valence-electron chi connectivity index (χ3n) is 2.47. The van der Waals surface area contributed by atoms with E-state index in [1.807, 2.05) is 13.0 Å². The van der Waals surface area contributed by atoms with Crippen molar-refractivity contribution < 1.29 is 14.3 Å². The maximum atomic E-state index is 11.2. The zero-order valence-electron chi connectivity index (χ0n) is 10.2. The highest BCUT2D eigenvalue weighted by molar-refractivity contribution is 7.81. The maximum absolute atomic E-state index is 11.2. The number of carbonyl (C=O) groups is 1. The molecule has 0 fully saturated rings. The molecule has 0 bridgehead atoms. The second-order valence-electron chi connectivity index (χ2n) is 3.56. The van der Waals surface area contributed by atoms with Gasteiger partial charge >= 0.3 is 0 Å². The predicted octanol–water partition coefficient (Wildman–Crippen LogP) is 1.56. The molecule has 5 heteroatoms. The Bertz CT molecular complexity index is 407. The van der Waals surface area contributed by atoms with Crippen LogP contribution in [-0.4, -0.2) is 25.9 Å². The van der Waals surface area contributed by atoms with Gasteiger partial charge in [-0.05, 0) is 18.6 Å². The van der Waals surface area contributed by atoms with Gasteiger partial charge in [0.2, 0.25) is 5.91 Å². The summed E-state index contributed by atoms with van der Waals surface area (Å²) in [5.41, 5.74) is 1.96. The summed E-state index contributed by atoms with van der Waals surface area (Å²) < 4.78 is 10.4. The van der Waals surface area contributed by atoms with Crippen LogP contribution in [0.5, 0.6) is 11.5 Å². The fraction of sp³-hybridized carbons (Fsp3) is 0.417. The fourth-order valence-corrected chi connectivity index (χ4v) is 1.63. The van der Waals surface area contributed by atoms with Crippen LogP contribution in [0.25, 0.3) is 0 Å². The van der Waals surface area contributed by atoms with Gasteiger partial charge in [-0.25, -0.2) is 0 Å². The minimum Gasteiger partial charge on any atom is -0.497 e. The molecule has 94 valence electrons. The predicted molar refractivity (Wildman–Crippen MR) is 70.0 cm³/mol. The zero-order chi connectivity index (χ0) is 12.8. The minimum absolute atomic E-state index is 0.106. The first-order valence-electron chi connectivity index (χ1n) is 5.21. The number of thiol groups is 1. The average Bonchev–Trinajstić information content (AvgIpc) is 2.35. The fourth-order valence-electron chi connectivity index (χ4n) is 1.52. The van der Waals surface area contributed by atoms with Gasteiger partial charge in [-0.15, -0.1) is 0 Å². The summed E-state index contributed by atoms with van der Waals surface area (Å²) in [6.07, 6.45) is 0. The van der Waals surface area contributed by atoms with Crippen molar-refractivity contribution in [1.29, 1.82) is 0 Å². The minimum atomic E-state index is -0.106. The van der Waals surface area contributed by atoms with Crippen molar-refractivity contribution in [3.05, 3.63) is 23.3 Å². The Kier molecular flexibility index (Phi) is 5.15. The van der Waals surface area contributed by atoms with Crippen molar-refractivity contribution in [3.8, 4) is 11.5 Å². The number of rotatable bonds is 5. The lowest BCUT2D eigenvalue weighted by Crippen LogP contribution is -2.24. The summed E-state index contributed by atoms with van der Waals surface area (Å²) in [4.78, 5) is 11.2. The zero-order valence-corrected chi connectivity index (χ0v) is 11.1. The van der Waals surface area contributed by atoms with Crippen LogP contribution in [-0.2, 0) is 11.3 Å². The quantitative estimate of drug-likeness (QED) is 0.785. The molecular formula is C12H17NO3S. The van der Waals surface area contributed by atoms with Crippen LogP contribution in [0.3, 0.4) is 0 Å². The van der Waals surface area contributed by atoms with Crippen LogP contribution >= 0.6 is 12.6 Å². The lowest BCUT2D eigenvalue weighted by atomic mass is 10.1. The van der Waals surface area contributed by atoms with Gasteiger partial charge in [0.1, 0.15) is 11.5 Å². The van der Waals surface area contributed by atoms with E-state index in [2.05, 4.69) is 17.9 Å². The van der Waals surface area contributed by atoms with Crippen LogP contribution in [0.2, 0.25) is 0 Å². The van der Waals surface area contributed by atoms with E-state index >= 15 is 0 Å². The van der Waals surface area contributed by atoms with Crippen LogP contribution in [0, 0.1) is 6.92 Å². The van der Waals surface area contributed by atoms with Gasteiger partial charge in [0.15, 0.2) is 0 Å². The molecule has 0 heterocycles. The first-order valence-corrected chi connectivity index (χ1v) is 5.84. The molecule has 0 atom stereocenters. The number of hydrogen-bond acceptors (Lipinski definition) is 4. The third-order valence-corrected chi connectivity index (χ3v) is 2.75. The van der Waals surface area contributed by atoms with Gasteiger partial charge in [-0.3, -0.25) is 4.79 Å². The second-order valence-corrected chi connectivity index (χ2v) is 3.88. The van der Waals surface area contributed by atoms with Crippen molar-refractivity contribution in [2.24, 2.45) is 0 Å². The van der Waals surface area contributed by atoms with E-state index in [4.69, 9.17) is 9.47 Å². The van der Waals surface area contributed by atoms with Crippen LogP contribution < -0.4 is 14.8 Å². The van der Waals surface area contributed by atoms with Crippen molar-refractivity contribution in [2.45, 2.75) is 13.5 Å². The van der Waals surface area contributed by atoms with E-state index in [1.165, 1.54) is 0 Å². The van der Waals surface area contributed by atoms with Crippen molar-refractivity contribution >= 4 is 18.5 Å². The molecule has 1 amide bonds. The van der Waals surface area contributed by atoms with Crippen molar-refractivity contribution in [3.63, 3.8) is 0 Å². The summed E-state index contributed by atoms with van der Waals surface area (Å²) in [5, 5.41) is 2.77. The normalized spacial score (nSPS) is 9.88. The maximum Gasteiger partial charge on any atom is 0.229 e. The topological polar surface area (TPSA) is 47.6 Å². The van der Waals surface area contributed by atoms with Gasteiger partial charge in [0.25, 0.3) is 0 Å². The molecule has 0 saturated carbocycles.